The van der Waals surface area contributed by atoms with Gasteiger partial charge in [-0.1, -0.05) is 38.1 Å². The van der Waals surface area contributed by atoms with E-state index in [4.69, 9.17) is 5.73 Å². The van der Waals surface area contributed by atoms with Gasteiger partial charge in [0.25, 0.3) is 0 Å². The van der Waals surface area contributed by atoms with Crippen LogP contribution in [0.5, 0.6) is 0 Å². The quantitative estimate of drug-likeness (QED) is 0.874. The molecule has 19 heavy (non-hydrogen) atoms. The largest absolute Gasteiger partial charge is 0.348 e. The summed E-state index contributed by atoms with van der Waals surface area (Å²) in [6.07, 6.45) is 2.66. The van der Waals surface area contributed by atoms with Crippen LogP contribution in [0.1, 0.15) is 63.1 Å². The van der Waals surface area contributed by atoms with Crippen LogP contribution in [0, 0.1) is 0 Å². The van der Waals surface area contributed by atoms with Crippen LogP contribution >= 0.6 is 0 Å². The zero-order valence-corrected chi connectivity index (χ0v) is 12.1. The van der Waals surface area contributed by atoms with Crippen molar-refractivity contribution in [1.82, 2.24) is 5.32 Å². The van der Waals surface area contributed by atoms with Gasteiger partial charge in [0.15, 0.2) is 0 Å². The number of amides is 1. The molecule has 1 fully saturated rings. The number of benzene rings is 1. The standard InChI is InChI=1S/C16H24N2O/c1-11(2)13-5-7-14(8-6-13)12(3)18-15(19)16(17)9-4-10-16/h5-8,11-12H,4,9-10,17H2,1-3H3,(H,18,19). The van der Waals surface area contributed by atoms with E-state index in [1.165, 1.54) is 5.56 Å². The Bertz CT molecular complexity index is 446. The number of hydrogen-bond acceptors (Lipinski definition) is 2. The summed E-state index contributed by atoms with van der Waals surface area (Å²) in [5.41, 5.74) is 7.85. The molecule has 3 nitrogen and oxygen atoms in total. The van der Waals surface area contributed by atoms with Gasteiger partial charge < -0.3 is 11.1 Å². The van der Waals surface area contributed by atoms with Crippen LogP contribution < -0.4 is 11.1 Å². The third-order valence-corrected chi connectivity index (χ3v) is 4.15. The minimum absolute atomic E-state index is 0.00902. The highest BCUT2D eigenvalue weighted by Gasteiger charge is 2.40. The van der Waals surface area contributed by atoms with Crippen LogP contribution in [0.2, 0.25) is 0 Å². The van der Waals surface area contributed by atoms with E-state index in [1.807, 2.05) is 6.92 Å². The predicted octanol–water partition coefficient (Wildman–Crippen LogP) is 2.87. The smallest absolute Gasteiger partial charge is 0.240 e. The summed E-state index contributed by atoms with van der Waals surface area (Å²) in [4.78, 5) is 12.1. The van der Waals surface area contributed by atoms with Crippen LogP contribution in [0.25, 0.3) is 0 Å². The first-order valence-corrected chi connectivity index (χ1v) is 7.12. The molecule has 2 rings (SSSR count). The van der Waals surface area contributed by atoms with Crippen molar-refractivity contribution in [3.8, 4) is 0 Å². The molecule has 1 aliphatic carbocycles. The first kappa shape index (κ1) is 14.1. The Kier molecular flexibility index (Phi) is 3.95. The van der Waals surface area contributed by atoms with E-state index >= 15 is 0 Å². The molecule has 0 radical (unpaired) electrons. The first-order valence-electron chi connectivity index (χ1n) is 7.12. The SMILES string of the molecule is CC(C)c1ccc(C(C)NC(=O)C2(N)CCC2)cc1. The Labute approximate surface area is 115 Å². The van der Waals surface area contributed by atoms with E-state index in [9.17, 15) is 4.79 Å². The van der Waals surface area contributed by atoms with Crippen molar-refractivity contribution >= 4 is 5.91 Å². The molecule has 0 saturated heterocycles. The van der Waals surface area contributed by atoms with E-state index < -0.39 is 5.54 Å². The number of carbonyl (C=O) groups excluding carboxylic acids is 1. The number of nitrogens with two attached hydrogens (primary N) is 1. The van der Waals surface area contributed by atoms with Crippen molar-refractivity contribution in [3.05, 3.63) is 35.4 Å². The van der Waals surface area contributed by atoms with Gasteiger partial charge in [-0.15, -0.1) is 0 Å². The van der Waals surface area contributed by atoms with Crippen LogP contribution in [0.4, 0.5) is 0 Å². The van der Waals surface area contributed by atoms with Gasteiger partial charge in [-0.05, 0) is 43.2 Å². The second-order valence-corrected chi connectivity index (χ2v) is 6.03. The fraction of sp³-hybridized carbons (Fsp3) is 0.562. The Morgan fingerprint density at radius 2 is 1.68 bits per heavy atom. The number of carbonyl (C=O) groups is 1. The Morgan fingerprint density at radius 3 is 2.11 bits per heavy atom. The molecule has 3 N–H and O–H groups in total. The molecule has 0 bridgehead atoms. The van der Waals surface area contributed by atoms with Gasteiger partial charge in [-0.2, -0.15) is 0 Å². The number of nitrogens with one attached hydrogen (secondary N) is 1. The Hall–Kier alpha value is -1.35. The van der Waals surface area contributed by atoms with Crippen LogP contribution in [0.3, 0.4) is 0 Å². The molecule has 1 atom stereocenters. The van der Waals surface area contributed by atoms with Crippen LogP contribution in [-0.4, -0.2) is 11.4 Å². The van der Waals surface area contributed by atoms with Crippen molar-refractivity contribution < 1.29 is 4.79 Å². The highest BCUT2D eigenvalue weighted by molar-refractivity contribution is 5.87. The van der Waals surface area contributed by atoms with Gasteiger partial charge in [0.1, 0.15) is 0 Å². The highest BCUT2D eigenvalue weighted by atomic mass is 16.2. The third-order valence-electron chi connectivity index (χ3n) is 4.15. The molecule has 1 saturated carbocycles. The van der Waals surface area contributed by atoms with E-state index in [-0.39, 0.29) is 11.9 Å². The van der Waals surface area contributed by atoms with Crippen molar-refractivity contribution in [2.45, 2.75) is 57.5 Å². The molecule has 1 aliphatic rings. The summed E-state index contributed by atoms with van der Waals surface area (Å²) in [6.45, 7) is 6.36. The molecule has 1 unspecified atom stereocenters. The van der Waals surface area contributed by atoms with Crippen molar-refractivity contribution in [3.63, 3.8) is 0 Å². The minimum atomic E-state index is -0.619. The van der Waals surface area contributed by atoms with Gasteiger partial charge in [0, 0.05) is 0 Å². The third kappa shape index (κ3) is 2.98. The lowest BCUT2D eigenvalue weighted by Gasteiger charge is -2.37. The van der Waals surface area contributed by atoms with E-state index in [2.05, 4.69) is 43.4 Å². The lowest BCUT2D eigenvalue weighted by atomic mass is 9.77. The van der Waals surface area contributed by atoms with Crippen LogP contribution in [0.15, 0.2) is 24.3 Å². The lowest BCUT2D eigenvalue weighted by molar-refractivity contribution is -0.129. The minimum Gasteiger partial charge on any atom is -0.348 e. The molecular weight excluding hydrogens is 236 g/mol. The normalized spacial score (nSPS) is 18.8. The van der Waals surface area contributed by atoms with Crippen molar-refractivity contribution in [2.75, 3.05) is 0 Å². The van der Waals surface area contributed by atoms with E-state index in [0.717, 1.165) is 24.8 Å². The summed E-state index contributed by atoms with van der Waals surface area (Å²) in [5, 5.41) is 3.02. The van der Waals surface area contributed by atoms with Crippen molar-refractivity contribution in [1.29, 1.82) is 0 Å². The average Bonchev–Trinajstić information content (AvgIpc) is 2.35. The van der Waals surface area contributed by atoms with Gasteiger partial charge in [-0.25, -0.2) is 0 Å². The summed E-state index contributed by atoms with van der Waals surface area (Å²) in [7, 11) is 0. The van der Waals surface area contributed by atoms with E-state index in [0.29, 0.717) is 5.92 Å². The monoisotopic (exact) mass is 260 g/mol. The van der Waals surface area contributed by atoms with Crippen LogP contribution in [-0.2, 0) is 4.79 Å². The highest BCUT2D eigenvalue weighted by Crippen LogP contribution is 2.30. The number of hydrogen-bond donors (Lipinski definition) is 2. The fourth-order valence-electron chi connectivity index (χ4n) is 2.38. The molecule has 104 valence electrons. The number of rotatable bonds is 4. The zero-order chi connectivity index (χ0) is 14.0. The summed E-state index contributed by atoms with van der Waals surface area (Å²) >= 11 is 0. The molecule has 0 spiro atoms. The molecular formula is C16H24N2O. The summed E-state index contributed by atoms with van der Waals surface area (Å²) < 4.78 is 0. The summed E-state index contributed by atoms with van der Waals surface area (Å²) in [5.74, 6) is 0.514. The molecule has 1 aromatic carbocycles. The molecule has 3 heteroatoms. The Balaban J connectivity index is 1.99. The molecule has 1 aromatic rings. The van der Waals surface area contributed by atoms with Gasteiger partial charge in [-0.3, -0.25) is 4.79 Å². The van der Waals surface area contributed by atoms with Gasteiger partial charge in [0.05, 0.1) is 11.6 Å². The maximum atomic E-state index is 12.1. The van der Waals surface area contributed by atoms with Gasteiger partial charge >= 0.3 is 0 Å². The molecule has 1 amide bonds. The Morgan fingerprint density at radius 1 is 1.16 bits per heavy atom. The molecule has 0 aromatic heterocycles. The second-order valence-electron chi connectivity index (χ2n) is 6.03. The second kappa shape index (κ2) is 5.33. The fourth-order valence-corrected chi connectivity index (χ4v) is 2.38. The summed E-state index contributed by atoms with van der Waals surface area (Å²) in [6, 6.07) is 8.44. The molecule has 0 aliphatic heterocycles. The topological polar surface area (TPSA) is 55.1 Å². The maximum absolute atomic E-state index is 12.1. The zero-order valence-electron chi connectivity index (χ0n) is 12.1. The predicted molar refractivity (Wildman–Crippen MR) is 77.9 cm³/mol. The maximum Gasteiger partial charge on any atom is 0.240 e. The molecule has 0 heterocycles. The van der Waals surface area contributed by atoms with Crippen molar-refractivity contribution in [2.24, 2.45) is 5.73 Å². The first-order chi connectivity index (χ1) is 8.92. The van der Waals surface area contributed by atoms with Gasteiger partial charge in [0.2, 0.25) is 5.91 Å². The average molecular weight is 260 g/mol. The lowest BCUT2D eigenvalue weighted by Crippen LogP contribution is -2.58. The van der Waals surface area contributed by atoms with E-state index in [1.54, 1.807) is 0 Å².